The third kappa shape index (κ3) is 1.87. The molecule has 1 spiro atoms. The average molecular weight is 207 g/mol. The molecule has 2 rings (SSSR count). The van der Waals surface area contributed by atoms with Gasteiger partial charge in [0.25, 0.3) is 0 Å². The quantitative estimate of drug-likeness (QED) is 0.703. The molecule has 2 N–H and O–H groups in total. The van der Waals surface area contributed by atoms with E-state index in [0.717, 1.165) is 19.0 Å². The second-order valence-corrected chi connectivity index (χ2v) is 4.71. The number of aliphatic imine (C=N–C) groups is 1. The molecule has 2 aliphatic rings. The van der Waals surface area contributed by atoms with Crippen molar-refractivity contribution in [2.45, 2.75) is 44.1 Å². The number of hydrogen-bond donors (Lipinski definition) is 1. The highest BCUT2D eigenvalue weighted by atomic mass is 15.4. The molecule has 1 saturated carbocycles. The molecule has 1 aliphatic heterocycles. The molecule has 15 heavy (non-hydrogen) atoms. The lowest BCUT2D eigenvalue weighted by molar-refractivity contribution is 0.189. The minimum atomic E-state index is 0.231. The number of hydrogen-bond acceptors (Lipinski definition) is 3. The molecule has 0 aromatic rings. The molecule has 3 heteroatoms. The van der Waals surface area contributed by atoms with Gasteiger partial charge < -0.3 is 10.6 Å². The van der Waals surface area contributed by atoms with Crippen molar-refractivity contribution in [3.8, 4) is 0 Å². The summed E-state index contributed by atoms with van der Waals surface area (Å²) >= 11 is 0. The van der Waals surface area contributed by atoms with Crippen LogP contribution in [-0.4, -0.2) is 29.5 Å². The molecule has 0 aromatic carbocycles. The van der Waals surface area contributed by atoms with Gasteiger partial charge in [-0.2, -0.15) is 0 Å². The maximum atomic E-state index is 5.95. The Bertz CT molecular complexity index is 262. The molecule has 0 amide bonds. The monoisotopic (exact) mass is 207 g/mol. The van der Waals surface area contributed by atoms with E-state index in [4.69, 9.17) is 5.73 Å². The molecule has 1 fully saturated rings. The first-order valence-corrected chi connectivity index (χ1v) is 5.97. The second-order valence-electron chi connectivity index (χ2n) is 4.71. The molecular formula is C12H21N3. The van der Waals surface area contributed by atoms with Crippen molar-refractivity contribution in [2.24, 2.45) is 10.7 Å². The topological polar surface area (TPSA) is 41.6 Å². The summed E-state index contributed by atoms with van der Waals surface area (Å²) in [4.78, 5) is 6.70. The van der Waals surface area contributed by atoms with Gasteiger partial charge in [0.15, 0.2) is 5.96 Å². The smallest absolute Gasteiger partial charge is 0.192 e. The first kappa shape index (κ1) is 10.5. The molecule has 0 unspecified atom stereocenters. The van der Waals surface area contributed by atoms with Gasteiger partial charge in [0.2, 0.25) is 0 Å². The fourth-order valence-electron chi connectivity index (χ4n) is 2.87. The zero-order valence-electron chi connectivity index (χ0n) is 9.41. The highest BCUT2D eigenvalue weighted by molar-refractivity contribution is 5.81. The average Bonchev–Trinajstić information content (AvgIpc) is 2.45. The van der Waals surface area contributed by atoms with Crippen molar-refractivity contribution in [3.05, 3.63) is 12.7 Å². The Morgan fingerprint density at radius 3 is 2.60 bits per heavy atom. The van der Waals surface area contributed by atoms with E-state index >= 15 is 0 Å². The van der Waals surface area contributed by atoms with Crippen LogP contribution in [-0.2, 0) is 0 Å². The standard InChI is InChI=1S/C12H21N3/c1-2-9-15-11(13)14-10-12(15)7-5-3-4-6-8-12/h2H,1,3-10H2,(H2,13,14). The van der Waals surface area contributed by atoms with E-state index in [-0.39, 0.29) is 5.54 Å². The fourth-order valence-corrected chi connectivity index (χ4v) is 2.87. The minimum absolute atomic E-state index is 0.231. The van der Waals surface area contributed by atoms with Crippen LogP contribution in [0.15, 0.2) is 17.6 Å². The van der Waals surface area contributed by atoms with Crippen LogP contribution in [0.4, 0.5) is 0 Å². The van der Waals surface area contributed by atoms with Gasteiger partial charge in [-0.15, -0.1) is 6.58 Å². The van der Waals surface area contributed by atoms with Crippen molar-refractivity contribution < 1.29 is 0 Å². The van der Waals surface area contributed by atoms with Gasteiger partial charge >= 0.3 is 0 Å². The zero-order valence-corrected chi connectivity index (χ0v) is 9.41. The van der Waals surface area contributed by atoms with E-state index in [0.29, 0.717) is 0 Å². The van der Waals surface area contributed by atoms with Crippen molar-refractivity contribution in [3.63, 3.8) is 0 Å². The van der Waals surface area contributed by atoms with Crippen LogP contribution in [0.5, 0.6) is 0 Å². The summed E-state index contributed by atoms with van der Waals surface area (Å²) < 4.78 is 0. The van der Waals surface area contributed by atoms with Gasteiger partial charge in [-0.3, -0.25) is 4.99 Å². The number of guanidine groups is 1. The molecule has 0 bridgehead atoms. The van der Waals surface area contributed by atoms with Gasteiger partial charge in [0.1, 0.15) is 0 Å². The zero-order chi connectivity index (χ0) is 10.7. The maximum absolute atomic E-state index is 5.95. The Balaban J connectivity index is 2.15. The van der Waals surface area contributed by atoms with Gasteiger partial charge in [-0.05, 0) is 12.8 Å². The molecular weight excluding hydrogens is 186 g/mol. The Morgan fingerprint density at radius 1 is 1.33 bits per heavy atom. The third-order valence-corrected chi connectivity index (χ3v) is 3.73. The molecule has 1 aliphatic carbocycles. The summed E-state index contributed by atoms with van der Waals surface area (Å²) in [6, 6.07) is 0. The Kier molecular flexibility index (Phi) is 2.98. The molecule has 0 radical (unpaired) electrons. The third-order valence-electron chi connectivity index (χ3n) is 3.73. The molecule has 0 aromatic heterocycles. The lowest BCUT2D eigenvalue weighted by Gasteiger charge is -2.38. The van der Waals surface area contributed by atoms with Crippen LogP contribution in [0.2, 0.25) is 0 Å². The van der Waals surface area contributed by atoms with E-state index in [1.165, 1.54) is 38.5 Å². The summed E-state index contributed by atoms with van der Waals surface area (Å²) in [5.41, 5.74) is 6.18. The van der Waals surface area contributed by atoms with Crippen LogP contribution in [0.25, 0.3) is 0 Å². The summed E-state index contributed by atoms with van der Waals surface area (Å²) in [6.07, 6.45) is 9.77. The lowest BCUT2D eigenvalue weighted by atomic mass is 9.89. The van der Waals surface area contributed by atoms with Crippen LogP contribution in [0.1, 0.15) is 38.5 Å². The van der Waals surface area contributed by atoms with E-state index in [9.17, 15) is 0 Å². The van der Waals surface area contributed by atoms with Crippen molar-refractivity contribution >= 4 is 5.96 Å². The predicted molar refractivity (Wildman–Crippen MR) is 63.8 cm³/mol. The first-order chi connectivity index (χ1) is 7.28. The number of rotatable bonds is 2. The number of nitrogens with two attached hydrogens (primary N) is 1. The van der Waals surface area contributed by atoms with Gasteiger partial charge in [-0.1, -0.05) is 31.8 Å². The minimum Gasteiger partial charge on any atom is -0.370 e. The Hall–Kier alpha value is -0.990. The van der Waals surface area contributed by atoms with E-state index < -0.39 is 0 Å². The van der Waals surface area contributed by atoms with Crippen LogP contribution in [0.3, 0.4) is 0 Å². The van der Waals surface area contributed by atoms with Crippen LogP contribution < -0.4 is 5.73 Å². The van der Waals surface area contributed by atoms with Crippen molar-refractivity contribution in [2.75, 3.05) is 13.1 Å². The molecule has 84 valence electrons. The van der Waals surface area contributed by atoms with E-state index in [2.05, 4.69) is 16.5 Å². The van der Waals surface area contributed by atoms with E-state index in [1.54, 1.807) is 0 Å². The van der Waals surface area contributed by atoms with Crippen molar-refractivity contribution in [1.82, 2.24) is 4.90 Å². The van der Waals surface area contributed by atoms with Crippen LogP contribution in [0, 0.1) is 0 Å². The highest BCUT2D eigenvalue weighted by Gasteiger charge is 2.41. The van der Waals surface area contributed by atoms with Crippen LogP contribution >= 0.6 is 0 Å². The first-order valence-electron chi connectivity index (χ1n) is 5.97. The predicted octanol–water partition coefficient (Wildman–Crippen LogP) is 1.90. The molecule has 0 atom stereocenters. The summed E-state index contributed by atoms with van der Waals surface area (Å²) in [7, 11) is 0. The molecule has 1 heterocycles. The van der Waals surface area contributed by atoms with Crippen molar-refractivity contribution in [1.29, 1.82) is 0 Å². The Labute approximate surface area is 92.0 Å². The fraction of sp³-hybridized carbons (Fsp3) is 0.750. The summed E-state index contributed by atoms with van der Waals surface area (Å²) in [5.74, 6) is 0.719. The highest BCUT2D eigenvalue weighted by Crippen LogP contribution is 2.35. The number of nitrogens with zero attached hydrogens (tertiary/aromatic N) is 2. The largest absolute Gasteiger partial charge is 0.370 e. The second kappa shape index (κ2) is 4.25. The van der Waals surface area contributed by atoms with Gasteiger partial charge in [-0.25, -0.2) is 0 Å². The Morgan fingerprint density at radius 2 is 2.00 bits per heavy atom. The maximum Gasteiger partial charge on any atom is 0.192 e. The summed E-state index contributed by atoms with van der Waals surface area (Å²) in [5, 5.41) is 0. The SMILES string of the molecule is C=CCN1C(N)=NCC12CCCCCC2. The normalized spacial score (nSPS) is 25.1. The van der Waals surface area contributed by atoms with E-state index in [1.807, 2.05) is 6.08 Å². The lowest BCUT2D eigenvalue weighted by Crippen LogP contribution is -2.51. The van der Waals surface area contributed by atoms with Gasteiger partial charge in [0, 0.05) is 6.54 Å². The van der Waals surface area contributed by atoms with Gasteiger partial charge in [0.05, 0.1) is 12.1 Å². The summed E-state index contributed by atoms with van der Waals surface area (Å²) in [6.45, 7) is 5.55. The molecule has 0 saturated heterocycles. The molecule has 3 nitrogen and oxygen atoms in total.